The number of rotatable bonds is 3. The summed E-state index contributed by atoms with van der Waals surface area (Å²) in [5, 5.41) is 4.16. The Hall–Kier alpha value is -4.13. The summed E-state index contributed by atoms with van der Waals surface area (Å²) < 4.78 is 5.14. The molecule has 150 valence electrons. The second kappa shape index (κ2) is 8.08. The lowest BCUT2D eigenvalue weighted by Gasteiger charge is -2.22. The van der Waals surface area contributed by atoms with Gasteiger partial charge in [0, 0.05) is 12.0 Å². The van der Waals surface area contributed by atoms with Crippen LogP contribution in [0.2, 0.25) is 0 Å². The SMILES string of the molecule is COc1cccc(C(=O)O/N=C2/Cc3ccccc3N(C(N)=O)c3ccccc32)c1. The number of methoxy groups -OCH3 is 1. The van der Waals surface area contributed by atoms with Crippen molar-refractivity contribution in [2.24, 2.45) is 10.9 Å². The topological polar surface area (TPSA) is 94.2 Å². The van der Waals surface area contributed by atoms with Crippen LogP contribution in [0.25, 0.3) is 0 Å². The number of hydrogen-bond donors (Lipinski definition) is 1. The first-order valence-corrected chi connectivity index (χ1v) is 9.27. The number of urea groups is 1. The Balaban J connectivity index is 1.75. The molecule has 0 bridgehead atoms. The first-order valence-electron chi connectivity index (χ1n) is 9.27. The van der Waals surface area contributed by atoms with Gasteiger partial charge in [0.15, 0.2) is 0 Å². The molecule has 1 heterocycles. The monoisotopic (exact) mass is 401 g/mol. The Morgan fingerprint density at radius 2 is 1.70 bits per heavy atom. The molecule has 0 aliphatic carbocycles. The molecular weight excluding hydrogens is 382 g/mol. The third-order valence-corrected chi connectivity index (χ3v) is 4.81. The van der Waals surface area contributed by atoms with Crippen LogP contribution in [0.5, 0.6) is 5.75 Å². The normalized spacial score (nSPS) is 13.8. The number of benzene rings is 3. The van der Waals surface area contributed by atoms with E-state index in [1.165, 1.54) is 12.0 Å². The van der Waals surface area contributed by atoms with Gasteiger partial charge in [-0.3, -0.25) is 4.90 Å². The molecule has 0 saturated carbocycles. The third kappa shape index (κ3) is 3.60. The lowest BCUT2D eigenvalue weighted by Crippen LogP contribution is -2.32. The Bertz CT molecular complexity index is 1160. The molecular formula is C23H19N3O4. The van der Waals surface area contributed by atoms with Gasteiger partial charge in [-0.25, -0.2) is 9.59 Å². The van der Waals surface area contributed by atoms with Gasteiger partial charge in [0.1, 0.15) is 5.75 Å². The van der Waals surface area contributed by atoms with Crippen LogP contribution in [-0.2, 0) is 11.3 Å². The van der Waals surface area contributed by atoms with Crippen LogP contribution < -0.4 is 15.4 Å². The fourth-order valence-electron chi connectivity index (χ4n) is 3.41. The molecule has 7 heteroatoms. The summed E-state index contributed by atoms with van der Waals surface area (Å²) in [6.07, 6.45) is 0.363. The van der Waals surface area contributed by atoms with Crippen LogP contribution in [0.15, 0.2) is 78.0 Å². The van der Waals surface area contributed by atoms with E-state index in [1.807, 2.05) is 42.5 Å². The Labute approximate surface area is 173 Å². The third-order valence-electron chi connectivity index (χ3n) is 4.81. The van der Waals surface area contributed by atoms with E-state index in [0.29, 0.717) is 40.4 Å². The minimum atomic E-state index is -0.608. The second-order valence-electron chi connectivity index (χ2n) is 6.64. The Morgan fingerprint density at radius 3 is 2.47 bits per heavy atom. The van der Waals surface area contributed by atoms with Crippen molar-refractivity contribution in [3.8, 4) is 5.75 Å². The number of fused-ring (bicyclic) bond motifs is 2. The average Bonchev–Trinajstić information content (AvgIpc) is 2.91. The molecule has 7 nitrogen and oxygen atoms in total. The van der Waals surface area contributed by atoms with Crippen molar-refractivity contribution in [1.29, 1.82) is 0 Å². The minimum absolute atomic E-state index is 0.319. The summed E-state index contributed by atoms with van der Waals surface area (Å²) in [7, 11) is 1.52. The van der Waals surface area contributed by atoms with E-state index in [0.717, 1.165) is 5.56 Å². The van der Waals surface area contributed by atoms with Crippen molar-refractivity contribution < 1.29 is 19.2 Å². The van der Waals surface area contributed by atoms with Gasteiger partial charge in [-0.05, 0) is 35.9 Å². The molecule has 4 rings (SSSR count). The van der Waals surface area contributed by atoms with Gasteiger partial charge in [0.2, 0.25) is 0 Å². The van der Waals surface area contributed by atoms with Gasteiger partial charge >= 0.3 is 12.0 Å². The number of carbonyl (C=O) groups excluding carboxylic acids is 2. The molecule has 0 aromatic heterocycles. The summed E-state index contributed by atoms with van der Waals surface area (Å²) in [6, 6.07) is 20.7. The van der Waals surface area contributed by atoms with E-state index in [9.17, 15) is 9.59 Å². The first-order chi connectivity index (χ1) is 14.6. The number of ether oxygens (including phenoxy) is 1. The molecule has 2 N–H and O–H groups in total. The molecule has 0 fully saturated rings. The van der Waals surface area contributed by atoms with E-state index in [4.69, 9.17) is 15.3 Å². The first kappa shape index (κ1) is 19.2. The number of nitrogens with zero attached hydrogens (tertiary/aromatic N) is 2. The number of amides is 2. The zero-order chi connectivity index (χ0) is 21.1. The van der Waals surface area contributed by atoms with Gasteiger partial charge in [-0.2, -0.15) is 0 Å². The fraction of sp³-hybridized carbons (Fsp3) is 0.0870. The Kier molecular flexibility index (Phi) is 5.17. The largest absolute Gasteiger partial charge is 0.497 e. The predicted molar refractivity (Wildman–Crippen MR) is 113 cm³/mol. The number of carbonyl (C=O) groups is 2. The molecule has 3 aromatic carbocycles. The number of anilines is 2. The smallest absolute Gasteiger partial charge is 0.365 e. The Morgan fingerprint density at radius 1 is 0.967 bits per heavy atom. The highest BCUT2D eigenvalue weighted by Gasteiger charge is 2.27. The van der Waals surface area contributed by atoms with Crippen LogP contribution >= 0.6 is 0 Å². The summed E-state index contributed by atoms with van der Waals surface area (Å²) in [5.74, 6) is -0.0638. The van der Waals surface area contributed by atoms with Gasteiger partial charge in [0.25, 0.3) is 0 Å². The number of hydrogen-bond acceptors (Lipinski definition) is 5. The van der Waals surface area contributed by atoms with Gasteiger partial charge in [-0.1, -0.05) is 47.6 Å². The molecule has 1 aliphatic heterocycles. The quantitative estimate of drug-likeness (QED) is 0.530. The van der Waals surface area contributed by atoms with Gasteiger partial charge < -0.3 is 15.3 Å². The van der Waals surface area contributed by atoms with E-state index in [1.54, 1.807) is 30.3 Å². The van der Waals surface area contributed by atoms with Crippen LogP contribution in [0.3, 0.4) is 0 Å². The molecule has 3 aromatic rings. The zero-order valence-corrected chi connectivity index (χ0v) is 16.2. The van der Waals surface area contributed by atoms with Crippen molar-refractivity contribution in [3.05, 3.63) is 89.5 Å². The molecule has 2 amide bonds. The summed E-state index contributed by atoms with van der Waals surface area (Å²) >= 11 is 0. The summed E-state index contributed by atoms with van der Waals surface area (Å²) in [6.45, 7) is 0. The average molecular weight is 401 g/mol. The molecule has 1 aliphatic rings. The van der Waals surface area contributed by atoms with Crippen LogP contribution in [0, 0.1) is 0 Å². The van der Waals surface area contributed by atoms with Crippen molar-refractivity contribution in [1.82, 2.24) is 0 Å². The van der Waals surface area contributed by atoms with Gasteiger partial charge in [-0.15, -0.1) is 0 Å². The van der Waals surface area contributed by atoms with Crippen LogP contribution in [0.1, 0.15) is 21.5 Å². The van der Waals surface area contributed by atoms with Gasteiger partial charge in [0.05, 0.1) is 29.8 Å². The number of nitrogens with two attached hydrogens (primary N) is 1. The summed E-state index contributed by atoms with van der Waals surface area (Å²) in [5.41, 5.74) is 9.26. The number of oxime groups is 1. The molecule has 30 heavy (non-hydrogen) atoms. The zero-order valence-electron chi connectivity index (χ0n) is 16.2. The lowest BCUT2D eigenvalue weighted by atomic mass is 10.0. The highest BCUT2D eigenvalue weighted by Crippen LogP contribution is 2.36. The van der Waals surface area contributed by atoms with Crippen molar-refractivity contribution in [3.63, 3.8) is 0 Å². The minimum Gasteiger partial charge on any atom is -0.497 e. The molecule has 0 radical (unpaired) electrons. The van der Waals surface area contributed by atoms with Crippen molar-refractivity contribution in [2.45, 2.75) is 6.42 Å². The molecule has 0 saturated heterocycles. The van der Waals surface area contributed by atoms with E-state index >= 15 is 0 Å². The van der Waals surface area contributed by atoms with Crippen LogP contribution in [-0.4, -0.2) is 24.8 Å². The van der Waals surface area contributed by atoms with Crippen molar-refractivity contribution >= 4 is 29.1 Å². The maximum absolute atomic E-state index is 12.5. The number of primary amides is 1. The highest BCUT2D eigenvalue weighted by molar-refractivity contribution is 6.13. The van der Waals surface area contributed by atoms with E-state index < -0.39 is 12.0 Å². The summed E-state index contributed by atoms with van der Waals surface area (Å²) in [4.78, 5) is 31.5. The molecule has 0 atom stereocenters. The molecule has 0 spiro atoms. The van der Waals surface area contributed by atoms with E-state index in [-0.39, 0.29) is 0 Å². The maximum atomic E-state index is 12.5. The second-order valence-corrected chi connectivity index (χ2v) is 6.64. The fourth-order valence-corrected chi connectivity index (χ4v) is 3.41. The highest BCUT2D eigenvalue weighted by atomic mass is 16.7. The molecule has 0 unspecified atom stereocenters. The maximum Gasteiger partial charge on any atom is 0.365 e. The standard InChI is InChI=1S/C23H19N3O4/c1-29-17-9-6-8-16(13-17)22(27)30-25-19-14-15-7-2-4-11-20(15)26(23(24)28)21-12-5-3-10-18(19)21/h2-13H,14H2,1H3,(H2,24,28)/b25-19-. The van der Waals surface area contributed by atoms with Crippen LogP contribution in [0.4, 0.5) is 16.2 Å². The van der Waals surface area contributed by atoms with Crippen molar-refractivity contribution in [2.75, 3.05) is 12.0 Å². The van der Waals surface area contributed by atoms with E-state index in [2.05, 4.69) is 5.16 Å². The number of para-hydroxylation sites is 2. The lowest BCUT2D eigenvalue weighted by molar-refractivity contribution is 0.0515. The predicted octanol–water partition coefficient (Wildman–Crippen LogP) is 4.03.